The SMILES string of the molecule is O=C(O)c1nc(C2CC2)[nH]c1C1CC1. The van der Waals surface area contributed by atoms with Crippen molar-refractivity contribution in [2.24, 2.45) is 0 Å². The molecule has 74 valence electrons. The second-order valence-corrected chi connectivity index (χ2v) is 4.24. The van der Waals surface area contributed by atoms with Crippen molar-refractivity contribution in [1.82, 2.24) is 9.97 Å². The first-order valence-electron chi connectivity index (χ1n) is 5.09. The maximum atomic E-state index is 10.9. The molecule has 1 heterocycles. The third-order valence-electron chi connectivity index (χ3n) is 2.90. The van der Waals surface area contributed by atoms with E-state index in [1.165, 1.54) is 0 Å². The molecule has 2 N–H and O–H groups in total. The maximum absolute atomic E-state index is 10.9. The summed E-state index contributed by atoms with van der Waals surface area (Å²) in [5, 5.41) is 8.98. The Hall–Kier alpha value is -1.32. The van der Waals surface area contributed by atoms with E-state index in [4.69, 9.17) is 5.11 Å². The fourth-order valence-corrected chi connectivity index (χ4v) is 1.79. The van der Waals surface area contributed by atoms with Crippen molar-refractivity contribution in [1.29, 1.82) is 0 Å². The molecule has 0 aliphatic heterocycles. The molecular weight excluding hydrogens is 180 g/mol. The third kappa shape index (κ3) is 1.22. The minimum Gasteiger partial charge on any atom is -0.476 e. The van der Waals surface area contributed by atoms with Crippen LogP contribution in [0.5, 0.6) is 0 Å². The molecule has 1 aromatic rings. The minimum absolute atomic E-state index is 0.259. The van der Waals surface area contributed by atoms with Crippen LogP contribution in [-0.2, 0) is 0 Å². The first-order valence-corrected chi connectivity index (χ1v) is 5.09. The van der Waals surface area contributed by atoms with Crippen LogP contribution in [-0.4, -0.2) is 21.0 Å². The number of carbonyl (C=O) groups is 1. The van der Waals surface area contributed by atoms with Gasteiger partial charge in [0.05, 0.1) is 5.69 Å². The first kappa shape index (κ1) is 8.03. The highest BCUT2D eigenvalue weighted by atomic mass is 16.4. The largest absolute Gasteiger partial charge is 0.476 e. The van der Waals surface area contributed by atoms with Crippen LogP contribution in [0, 0.1) is 0 Å². The summed E-state index contributed by atoms with van der Waals surface area (Å²) in [6.07, 6.45) is 4.51. The van der Waals surface area contributed by atoms with E-state index in [1.807, 2.05) is 0 Å². The molecule has 2 fully saturated rings. The second kappa shape index (κ2) is 2.59. The van der Waals surface area contributed by atoms with Gasteiger partial charge in [-0.15, -0.1) is 0 Å². The Kier molecular flexibility index (Phi) is 1.48. The standard InChI is InChI=1S/C10H12N2O2/c13-10(14)8-7(5-1-2-5)11-9(12-8)6-3-4-6/h5-6H,1-4H2,(H,11,12)(H,13,14). The van der Waals surface area contributed by atoms with Crippen molar-refractivity contribution in [2.45, 2.75) is 37.5 Å². The van der Waals surface area contributed by atoms with E-state index in [0.29, 0.717) is 11.8 Å². The predicted octanol–water partition coefficient (Wildman–Crippen LogP) is 1.86. The number of rotatable bonds is 3. The minimum atomic E-state index is -0.893. The number of aromatic amines is 1. The van der Waals surface area contributed by atoms with E-state index < -0.39 is 5.97 Å². The molecule has 0 atom stereocenters. The molecule has 0 aromatic carbocycles. The smallest absolute Gasteiger partial charge is 0.356 e. The lowest BCUT2D eigenvalue weighted by Crippen LogP contribution is -2.00. The number of carboxylic acid groups (broad SMARTS) is 1. The molecule has 0 radical (unpaired) electrons. The Morgan fingerprint density at radius 1 is 1.29 bits per heavy atom. The molecule has 2 aliphatic carbocycles. The topological polar surface area (TPSA) is 66.0 Å². The zero-order chi connectivity index (χ0) is 9.71. The monoisotopic (exact) mass is 192 g/mol. The summed E-state index contributed by atoms with van der Waals surface area (Å²) in [7, 11) is 0. The van der Waals surface area contributed by atoms with E-state index >= 15 is 0 Å². The lowest BCUT2D eigenvalue weighted by Gasteiger charge is -1.92. The molecule has 0 unspecified atom stereocenters. The quantitative estimate of drug-likeness (QED) is 0.768. The Balaban J connectivity index is 2.01. The van der Waals surface area contributed by atoms with Crippen LogP contribution in [0.15, 0.2) is 0 Å². The zero-order valence-corrected chi connectivity index (χ0v) is 7.79. The van der Waals surface area contributed by atoms with Crippen molar-refractivity contribution in [3.8, 4) is 0 Å². The van der Waals surface area contributed by atoms with E-state index in [2.05, 4.69) is 9.97 Å². The zero-order valence-electron chi connectivity index (χ0n) is 7.79. The van der Waals surface area contributed by atoms with Gasteiger partial charge in [0.1, 0.15) is 5.82 Å². The van der Waals surface area contributed by atoms with Crippen LogP contribution < -0.4 is 0 Å². The third-order valence-corrected chi connectivity index (χ3v) is 2.90. The molecule has 2 saturated carbocycles. The summed E-state index contributed by atoms with van der Waals surface area (Å²) in [4.78, 5) is 18.3. The highest BCUT2D eigenvalue weighted by Crippen LogP contribution is 2.44. The number of hydrogen-bond donors (Lipinski definition) is 2. The second-order valence-electron chi connectivity index (χ2n) is 4.24. The van der Waals surface area contributed by atoms with Gasteiger partial charge < -0.3 is 10.1 Å². The highest BCUT2D eigenvalue weighted by molar-refractivity contribution is 5.87. The average molecular weight is 192 g/mol. The summed E-state index contributed by atoms with van der Waals surface area (Å²) >= 11 is 0. The number of nitrogens with zero attached hydrogens (tertiary/aromatic N) is 1. The molecule has 3 rings (SSSR count). The van der Waals surface area contributed by atoms with Gasteiger partial charge in [0.15, 0.2) is 5.69 Å². The molecule has 0 spiro atoms. The molecule has 14 heavy (non-hydrogen) atoms. The van der Waals surface area contributed by atoms with Gasteiger partial charge in [0, 0.05) is 11.8 Å². The Morgan fingerprint density at radius 3 is 2.43 bits per heavy atom. The van der Waals surface area contributed by atoms with Gasteiger partial charge in [-0.05, 0) is 25.7 Å². The van der Waals surface area contributed by atoms with E-state index in [-0.39, 0.29) is 5.69 Å². The number of H-pyrrole nitrogens is 1. The van der Waals surface area contributed by atoms with E-state index in [1.54, 1.807) is 0 Å². The van der Waals surface area contributed by atoms with Crippen molar-refractivity contribution in [3.05, 3.63) is 17.2 Å². The van der Waals surface area contributed by atoms with Crippen molar-refractivity contribution < 1.29 is 9.90 Å². The molecule has 4 heteroatoms. The molecule has 4 nitrogen and oxygen atoms in total. The van der Waals surface area contributed by atoms with Gasteiger partial charge in [0.25, 0.3) is 0 Å². The number of carboxylic acids is 1. The van der Waals surface area contributed by atoms with Gasteiger partial charge in [-0.3, -0.25) is 0 Å². The van der Waals surface area contributed by atoms with Crippen molar-refractivity contribution >= 4 is 5.97 Å². The van der Waals surface area contributed by atoms with Gasteiger partial charge in [-0.25, -0.2) is 9.78 Å². The van der Waals surface area contributed by atoms with Gasteiger partial charge in [-0.1, -0.05) is 0 Å². The van der Waals surface area contributed by atoms with Gasteiger partial charge in [0.2, 0.25) is 0 Å². The summed E-state index contributed by atoms with van der Waals surface area (Å²) in [6, 6.07) is 0. The predicted molar refractivity (Wildman–Crippen MR) is 49.5 cm³/mol. The van der Waals surface area contributed by atoms with Crippen molar-refractivity contribution in [3.63, 3.8) is 0 Å². The molecule has 2 aliphatic rings. The summed E-state index contributed by atoms with van der Waals surface area (Å²) < 4.78 is 0. The van der Waals surface area contributed by atoms with Crippen molar-refractivity contribution in [2.75, 3.05) is 0 Å². The number of hydrogen-bond acceptors (Lipinski definition) is 2. The number of imidazole rings is 1. The van der Waals surface area contributed by atoms with Crippen LogP contribution in [0.4, 0.5) is 0 Å². The van der Waals surface area contributed by atoms with E-state index in [9.17, 15) is 4.79 Å². The Labute approximate surface area is 81.4 Å². The lowest BCUT2D eigenvalue weighted by molar-refractivity contribution is 0.0689. The summed E-state index contributed by atoms with van der Waals surface area (Å²) in [5.74, 6) is 0.932. The molecule has 0 saturated heterocycles. The maximum Gasteiger partial charge on any atom is 0.356 e. The van der Waals surface area contributed by atoms with Crippen LogP contribution in [0.1, 0.15) is 59.5 Å². The summed E-state index contributed by atoms with van der Waals surface area (Å²) in [5.41, 5.74) is 1.12. The lowest BCUT2D eigenvalue weighted by atomic mass is 10.2. The molecule has 0 bridgehead atoms. The van der Waals surface area contributed by atoms with E-state index in [0.717, 1.165) is 37.2 Å². The van der Waals surface area contributed by atoms with Gasteiger partial charge in [-0.2, -0.15) is 0 Å². The number of aromatic nitrogens is 2. The Bertz CT molecular complexity index is 389. The number of nitrogens with one attached hydrogen (secondary N) is 1. The average Bonchev–Trinajstić information content (AvgIpc) is 3.03. The molecular formula is C10H12N2O2. The van der Waals surface area contributed by atoms with Gasteiger partial charge >= 0.3 is 5.97 Å². The molecule has 0 amide bonds. The summed E-state index contributed by atoms with van der Waals surface area (Å²) in [6.45, 7) is 0. The molecule has 1 aromatic heterocycles. The van der Waals surface area contributed by atoms with Crippen LogP contribution in [0.3, 0.4) is 0 Å². The number of aromatic carboxylic acids is 1. The van der Waals surface area contributed by atoms with Crippen LogP contribution in [0.2, 0.25) is 0 Å². The fraction of sp³-hybridized carbons (Fsp3) is 0.600. The van der Waals surface area contributed by atoms with Crippen LogP contribution in [0.25, 0.3) is 0 Å². The highest BCUT2D eigenvalue weighted by Gasteiger charge is 2.34. The Morgan fingerprint density at radius 2 is 1.93 bits per heavy atom. The first-order chi connectivity index (χ1) is 6.75. The fourth-order valence-electron chi connectivity index (χ4n) is 1.79. The normalized spacial score (nSPS) is 21.1. The van der Waals surface area contributed by atoms with Crippen LogP contribution >= 0.6 is 0 Å².